The molecule has 0 radical (unpaired) electrons. The number of benzene rings is 2. The molecule has 0 amide bonds. The van der Waals surface area contributed by atoms with E-state index in [1.165, 1.54) is 0 Å². The highest BCUT2D eigenvalue weighted by molar-refractivity contribution is 9.10. The fraction of sp³-hybridized carbons (Fsp3) is 0.0714. The molecule has 86 valence electrons. The van der Waals surface area contributed by atoms with E-state index in [2.05, 4.69) is 15.9 Å². The highest BCUT2D eigenvalue weighted by Gasteiger charge is 2.13. The second kappa shape index (κ2) is 5.03. The molecule has 0 atom stereocenters. The normalized spacial score (nSPS) is 10.3. The lowest BCUT2D eigenvalue weighted by Gasteiger charge is -2.05. The zero-order chi connectivity index (χ0) is 12.4. The van der Waals surface area contributed by atoms with Gasteiger partial charge in [0.2, 0.25) is 0 Å². The van der Waals surface area contributed by atoms with E-state index in [1.807, 2.05) is 31.2 Å². The van der Waals surface area contributed by atoms with Gasteiger partial charge in [-0.2, -0.15) is 0 Å². The Morgan fingerprint density at radius 2 is 1.94 bits per heavy atom. The molecule has 0 saturated heterocycles. The van der Waals surface area contributed by atoms with Gasteiger partial charge in [-0.25, -0.2) is 0 Å². The van der Waals surface area contributed by atoms with Gasteiger partial charge in [-0.3, -0.25) is 4.79 Å². The number of carbonyl (C=O) groups excluding carboxylic acids is 1. The topological polar surface area (TPSA) is 17.1 Å². The van der Waals surface area contributed by atoms with E-state index >= 15 is 0 Å². The number of aryl methyl sites for hydroxylation is 1. The minimum absolute atomic E-state index is 0.0556. The summed E-state index contributed by atoms with van der Waals surface area (Å²) in [6, 6.07) is 12.8. The van der Waals surface area contributed by atoms with Crippen molar-refractivity contribution in [2.24, 2.45) is 0 Å². The summed E-state index contributed by atoms with van der Waals surface area (Å²) in [6.07, 6.45) is 0. The third-order valence-electron chi connectivity index (χ3n) is 2.45. The lowest BCUT2D eigenvalue weighted by atomic mass is 10.0. The first-order valence-electron chi connectivity index (χ1n) is 5.14. The van der Waals surface area contributed by atoms with E-state index in [9.17, 15) is 4.79 Å². The molecule has 0 aliphatic heterocycles. The van der Waals surface area contributed by atoms with Crippen LogP contribution in [0.4, 0.5) is 0 Å². The molecule has 17 heavy (non-hydrogen) atoms. The van der Waals surface area contributed by atoms with Crippen molar-refractivity contribution in [1.29, 1.82) is 0 Å². The molecule has 0 saturated carbocycles. The van der Waals surface area contributed by atoms with Crippen molar-refractivity contribution in [3.05, 3.63) is 68.7 Å². The Balaban J connectivity index is 2.47. The van der Waals surface area contributed by atoms with Crippen molar-refractivity contribution in [2.45, 2.75) is 6.92 Å². The molecule has 0 aliphatic carbocycles. The van der Waals surface area contributed by atoms with E-state index in [0.29, 0.717) is 16.1 Å². The number of hydrogen-bond donors (Lipinski definition) is 0. The summed E-state index contributed by atoms with van der Waals surface area (Å²) in [6.45, 7) is 1.96. The minimum Gasteiger partial charge on any atom is -0.289 e. The van der Waals surface area contributed by atoms with Gasteiger partial charge in [0.05, 0.1) is 5.02 Å². The highest BCUT2D eigenvalue weighted by atomic mass is 79.9. The lowest BCUT2D eigenvalue weighted by molar-refractivity contribution is 0.103. The SMILES string of the molecule is Cc1cccc(C(=O)c2cc(Br)ccc2Cl)c1. The van der Waals surface area contributed by atoms with Crippen LogP contribution >= 0.6 is 27.5 Å². The summed E-state index contributed by atoms with van der Waals surface area (Å²) >= 11 is 9.38. The predicted octanol–water partition coefficient (Wildman–Crippen LogP) is 4.64. The van der Waals surface area contributed by atoms with Gasteiger partial charge in [0, 0.05) is 15.6 Å². The van der Waals surface area contributed by atoms with Crippen LogP contribution in [0.5, 0.6) is 0 Å². The van der Waals surface area contributed by atoms with Crippen molar-refractivity contribution in [2.75, 3.05) is 0 Å². The molecule has 0 aromatic heterocycles. The third kappa shape index (κ3) is 2.76. The summed E-state index contributed by atoms with van der Waals surface area (Å²) in [5.41, 5.74) is 2.23. The summed E-state index contributed by atoms with van der Waals surface area (Å²) < 4.78 is 0.845. The fourth-order valence-corrected chi connectivity index (χ4v) is 2.18. The molecule has 3 heteroatoms. The Morgan fingerprint density at radius 3 is 2.65 bits per heavy atom. The number of hydrogen-bond acceptors (Lipinski definition) is 1. The van der Waals surface area contributed by atoms with Gasteiger partial charge in [0.15, 0.2) is 5.78 Å². The zero-order valence-corrected chi connectivity index (χ0v) is 11.5. The number of rotatable bonds is 2. The first kappa shape index (κ1) is 12.3. The standard InChI is InChI=1S/C14H10BrClO/c1-9-3-2-4-10(7-9)14(17)12-8-11(15)5-6-13(12)16/h2-8H,1H3. The van der Waals surface area contributed by atoms with Gasteiger partial charge < -0.3 is 0 Å². The molecule has 2 rings (SSSR count). The minimum atomic E-state index is -0.0556. The second-order valence-electron chi connectivity index (χ2n) is 3.82. The monoisotopic (exact) mass is 308 g/mol. The number of halogens is 2. The molecule has 2 aromatic carbocycles. The predicted molar refractivity (Wildman–Crippen MR) is 73.8 cm³/mol. The van der Waals surface area contributed by atoms with Crippen LogP contribution in [0.15, 0.2) is 46.9 Å². The quantitative estimate of drug-likeness (QED) is 0.738. The number of ketones is 1. The van der Waals surface area contributed by atoms with Gasteiger partial charge in [-0.05, 0) is 31.2 Å². The Bertz CT molecular complexity index is 578. The van der Waals surface area contributed by atoms with E-state index in [-0.39, 0.29) is 5.78 Å². The van der Waals surface area contributed by atoms with Gasteiger partial charge in [-0.15, -0.1) is 0 Å². The van der Waals surface area contributed by atoms with Gasteiger partial charge in [-0.1, -0.05) is 51.3 Å². The molecule has 1 nitrogen and oxygen atoms in total. The largest absolute Gasteiger partial charge is 0.289 e. The molecule has 0 N–H and O–H groups in total. The van der Waals surface area contributed by atoms with Crippen molar-refractivity contribution >= 4 is 33.3 Å². The first-order chi connectivity index (χ1) is 8.08. The van der Waals surface area contributed by atoms with Crippen LogP contribution in [-0.4, -0.2) is 5.78 Å². The Kier molecular flexibility index (Phi) is 3.65. The van der Waals surface area contributed by atoms with E-state index in [1.54, 1.807) is 18.2 Å². The van der Waals surface area contributed by atoms with Crippen molar-refractivity contribution in [1.82, 2.24) is 0 Å². The highest BCUT2D eigenvalue weighted by Crippen LogP contribution is 2.23. The molecule has 0 unspecified atom stereocenters. The average molecular weight is 310 g/mol. The molecule has 0 spiro atoms. The number of carbonyl (C=O) groups is 1. The smallest absolute Gasteiger partial charge is 0.194 e. The van der Waals surface area contributed by atoms with Crippen LogP contribution < -0.4 is 0 Å². The fourth-order valence-electron chi connectivity index (χ4n) is 1.61. The lowest BCUT2D eigenvalue weighted by Crippen LogP contribution is -2.02. The van der Waals surface area contributed by atoms with Crippen LogP contribution in [0, 0.1) is 6.92 Å². The third-order valence-corrected chi connectivity index (χ3v) is 3.28. The van der Waals surface area contributed by atoms with E-state index in [4.69, 9.17) is 11.6 Å². The first-order valence-corrected chi connectivity index (χ1v) is 6.31. The molecule has 0 bridgehead atoms. The van der Waals surface area contributed by atoms with Crippen molar-refractivity contribution in [3.63, 3.8) is 0 Å². The van der Waals surface area contributed by atoms with Crippen LogP contribution in [0.2, 0.25) is 5.02 Å². The second-order valence-corrected chi connectivity index (χ2v) is 5.15. The van der Waals surface area contributed by atoms with Gasteiger partial charge >= 0.3 is 0 Å². The summed E-state index contributed by atoms with van der Waals surface area (Å²) in [5.74, 6) is -0.0556. The van der Waals surface area contributed by atoms with Crippen LogP contribution in [-0.2, 0) is 0 Å². The Morgan fingerprint density at radius 1 is 1.18 bits per heavy atom. The van der Waals surface area contributed by atoms with Gasteiger partial charge in [0.1, 0.15) is 0 Å². The van der Waals surface area contributed by atoms with Crippen LogP contribution in [0.1, 0.15) is 21.5 Å². The summed E-state index contributed by atoms with van der Waals surface area (Å²) in [4.78, 5) is 12.3. The van der Waals surface area contributed by atoms with Crippen molar-refractivity contribution < 1.29 is 4.79 Å². The van der Waals surface area contributed by atoms with E-state index in [0.717, 1.165) is 10.0 Å². The molecule has 0 heterocycles. The maximum absolute atomic E-state index is 12.3. The molecule has 0 fully saturated rings. The average Bonchev–Trinajstić information content (AvgIpc) is 2.31. The molecular weight excluding hydrogens is 300 g/mol. The van der Waals surface area contributed by atoms with Crippen LogP contribution in [0.25, 0.3) is 0 Å². The summed E-state index contributed by atoms with van der Waals surface area (Å²) in [5, 5.41) is 0.472. The molecule has 0 aliphatic rings. The molecular formula is C14H10BrClO. The van der Waals surface area contributed by atoms with Gasteiger partial charge in [0.25, 0.3) is 0 Å². The van der Waals surface area contributed by atoms with E-state index < -0.39 is 0 Å². The molecule has 2 aromatic rings. The van der Waals surface area contributed by atoms with Crippen molar-refractivity contribution in [3.8, 4) is 0 Å². The zero-order valence-electron chi connectivity index (χ0n) is 9.21. The maximum Gasteiger partial charge on any atom is 0.194 e. The summed E-state index contributed by atoms with van der Waals surface area (Å²) in [7, 11) is 0. The van der Waals surface area contributed by atoms with Crippen LogP contribution in [0.3, 0.4) is 0 Å². The Hall–Kier alpha value is -1.12. The Labute approximate surface area is 114 Å². The maximum atomic E-state index is 12.3.